The molecular formula is C117H90N12O. The molecule has 0 aliphatic heterocycles. The Morgan fingerprint density at radius 1 is 0.154 bits per heavy atom. The number of aromatic nitrogens is 12. The van der Waals surface area contributed by atoms with Crippen molar-refractivity contribution in [1.82, 2.24) is 59.8 Å². The van der Waals surface area contributed by atoms with Crippen LogP contribution in [0, 0.1) is 0 Å². The SMILES string of the molecule is c1cc2ccc3cccc4ccc(c1)c2c34.c1ccc2c(c1)[nH]c1ccccc12.c1ccc2c(c1)ccc1ccccc12.c1ccc2c(c1)oc1ccccc12.c1ccc2cc3ccccc3cc2c1.c1ccc2ccccc2c1.c1ccc2ncccc2c1.c1ccc2nccnc2c1.c1ccccc1.c1ccncc1.c1cnccn1.c1cncnc1.c1ncncn1. The third-order valence-corrected chi connectivity index (χ3v) is 20.5. The van der Waals surface area contributed by atoms with Crippen LogP contribution in [0.2, 0.25) is 0 Å². The van der Waals surface area contributed by atoms with Crippen molar-refractivity contribution in [1.29, 1.82) is 0 Å². The van der Waals surface area contributed by atoms with Crippen LogP contribution in [0.15, 0.2) is 547 Å². The number of hydrogen-bond acceptors (Lipinski definition) is 12. The van der Waals surface area contributed by atoms with Gasteiger partial charge in [0.1, 0.15) is 36.5 Å². The van der Waals surface area contributed by atoms with E-state index in [4.69, 9.17) is 4.42 Å². The molecule has 8 heterocycles. The summed E-state index contributed by atoms with van der Waals surface area (Å²) in [6.45, 7) is 0. The summed E-state index contributed by atoms with van der Waals surface area (Å²) in [6, 6.07) is 154. The summed E-state index contributed by atoms with van der Waals surface area (Å²) < 4.78 is 5.65. The molecule has 130 heavy (non-hydrogen) atoms. The molecule has 0 unspecified atom stereocenters. The Labute approximate surface area is 753 Å². The van der Waals surface area contributed by atoms with Crippen molar-refractivity contribution in [3.63, 3.8) is 0 Å². The zero-order chi connectivity index (χ0) is 88.3. The van der Waals surface area contributed by atoms with Gasteiger partial charge >= 0.3 is 0 Å². The molecule has 0 saturated heterocycles. The van der Waals surface area contributed by atoms with Gasteiger partial charge in [-0.1, -0.05) is 370 Å². The number of benzene rings is 19. The van der Waals surface area contributed by atoms with Gasteiger partial charge in [0.15, 0.2) is 0 Å². The van der Waals surface area contributed by atoms with Gasteiger partial charge in [0.05, 0.1) is 16.6 Å². The first-order valence-electron chi connectivity index (χ1n) is 42.5. The fraction of sp³-hybridized carbons (Fsp3) is 0. The second-order valence-electron chi connectivity index (χ2n) is 29.0. The molecular weight excluding hydrogens is 1590 g/mol. The summed E-state index contributed by atoms with van der Waals surface area (Å²) in [5.74, 6) is 0. The number of para-hydroxylation sites is 7. The monoisotopic (exact) mass is 1680 g/mol. The van der Waals surface area contributed by atoms with E-state index in [0.717, 1.165) is 27.7 Å². The number of aromatic amines is 1. The molecule has 13 heteroatoms. The van der Waals surface area contributed by atoms with Crippen LogP contribution in [0.25, 0.3) is 152 Å². The third kappa shape index (κ3) is 25.0. The molecule has 0 bridgehead atoms. The Balaban J connectivity index is 0.000000109. The topological polar surface area (TPSA) is 171 Å². The quantitative estimate of drug-likeness (QED) is 0.113. The Kier molecular flexibility index (Phi) is 32.0. The number of furan rings is 1. The third-order valence-electron chi connectivity index (χ3n) is 20.5. The van der Waals surface area contributed by atoms with Crippen LogP contribution >= 0.6 is 0 Å². The Bertz CT molecular complexity index is 6780. The Morgan fingerprint density at radius 3 is 0.792 bits per heavy atom. The van der Waals surface area contributed by atoms with Crippen LogP contribution in [-0.4, -0.2) is 59.8 Å². The second-order valence-corrected chi connectivity index (χ2v) is 29.0. The van der Waals surface area contributed by atoms with Crippen molar-refractivity contribution in [2.75, 3.05) is 0 Å². The average Bonchev–Trinajstić information content (AvgIpc) is 0.964. The van der Waals surface area contributed by atoms with Gasteiger partial charge in [-0.2, -0.15) is 0 Å². The highest BCUT2D eigenvalue weighted by Crippen LogP contribution is 2.35. The standard InChI is InChI=1S/C16H10.2C14H10.C12H9N.C12H8O.C10H8.C9H7N.C8H6N2.C6H6.C5H5N.2C4H4N2.C3H3N3/c1-3-11-7-9-13-5-2-6-14-10-8-12(4-1)15(11)16(13)14;1-3-7-13-11(5-1)9-10-12-6-2-4-8-14(12)13;1-2-6-12-10-14-8-4-3-7-13(14)9-11(12)5-1;2*1-3-7-11-9(5-1)10-6-2-4-8-12(10)13-11;1-2-6-10-8-4-3-7-9(10)5-1;1-2-6-9-8(4-1)5-3-7-10-9;1-2-4-8-7(3-1)9-5-6-10-8;2*1-2-4-6-5-3-1;1-2-6-4-3-5-1;1-2-5-4-6-3-1;1-4-2-6-3-5-1/h1-10H;2*1-10H;1-8,13H;1-8H;1-8H;1-7H;1-6H;1-6H;1-5H;2*1-4H;1-3H. The van der Waals surface area contributed by atoms with E-state index in [0.29, 0.717) is 0 Å². The normalized spacial score (nSPS) is 10.2. The number of hydrogen-bond donors (Lipinski definition) is 1. The summed E-state index contributed by atoms with van der Waals surface area (Å²) in [5.41, 5.74) is 7.31. The molecule has 0 amide bonds. The summed E-state index contributed by atoms with van der Waals surface area (Å²) in [5, 5.41) is 27.5. The van der Waals surface area contributed by atoms with Crippen LogP contribution in [0.3, 0.4) is 0 Å². The van der Waals surface area contributed by atoms with E-state index < -0.39 is 0 Å². The van der Waals surface area contributed by atoms with Crippen LogP contribution in [0.1, 0.15) is 0 Å². The van der Waals surface area contributed by atoms with Crippen molar-refractivity contribution >= 4 is 152 Å². The van der Waals surface area contributed by atoms with Gasteiger partial charge in [-0.25, -0.2) is 24.9 Å². The molecule has 624 valence electrons. The van der Waals surface area contributed by atoms with E-state index in [9.17, 15) is 0 Å². The maximum Gasteiger partial charge on any atom is 0.135 e. The molecule has 19 aromatic carbocycles. The molecule has 0 atom stereocenters. The molecule has 0 aliphatic rings. The molecule has 0 spiro atoms. The Hall–Kier alpha value is -17.8. The van der Waals surface area contributed by atoms with E-state index in [1.54, 1.807) is 68.0 Å². The molecule has 0 radical (unpaired) electrons. The predicted molar refractivity (Wildman–Crippen MR) is 542 cm³/mol. The summed E-state index contributed by atoms with van der Waals surface area (Å²) in [7, 11) is 0. The van der Waals surface area contributed by atoms with Crippen molar-refractivity contribution in [2.24, 2.45) is 0 Å². The predicted octanol–water partition coefficient (Wildman–Crippen LogP) is 29.8. The number of pyridine rings is 2. The first kappa shape index (κ1) is 87.1. The van der Waals surface area contributed by atoms with Crippen LogP contribution < -0.4 is 0 Å². The minimum atomic E-state index is 0.949. The lowest BCUT2D eigenvalue weighted by molar-refractivity contribution is 0.669. The zero-order valence-electron chi connectivity index (χ0n) is 71.2. The number of nitrogens with one attached hydrogen (secondary N) is 1. The largest absolute Gasteiger partial charge is 0.456 e. The van der Waals surface area contributed by atoms with Gasteiger partial charge in [-0.3, -0.25) is 29.9 Å². The molecule has 8 aromatic heterocycles. The van der Waals surface area contributed by atoms with Crippen molar-refractivity contribution in [3.8, 4) is 0 Å². The van der Waals surface area contributed by atoms with Crippen molar-refractivity contribution in [3.05, 3.63) is 542 Å². The molecule has 27 rings (SSSR count). The highest BCUT2D eigenvalue weighted by atomic mass is 16.3. The molecule has 0 aliphatic carbocycles. The lowest BCUT2D eigenvalue weighted by Crippen LogP contribution is -1.82. The first-order chi connectivity index (χ1) is 64.6. The van der Waals surface area contributed by atoms with Crippen LogP contribution in [0.4, 0.5) is 0 Å². The number of H-pyrrole nitrogens is 1. The fourth-order valence-corrected chi connectivity index (χ4v) is 14.4. The molecule has 0 fully saturated rings. The molecule has 27 aromatic rings. The van der Waals surface area contributed by atoms with Crippen molar-refractivity contribution < 1.29 is 4.42 Å². The minimum absolute atomic E-state index is 0.949. The van der Waals surface area contributed by atoms with Gasteiger partial charge in [-0.15, -0.1) is 0 Å². The van der Waals surface area contributed by atoms with Gasteiger partial charge in [0, 0.05) is 106 Å². The van der Waals surface area contributed by atoms with Crippen LogP contribution in [-0.2, 0) is 0 Å². The first-order valence-corrected chi connectivity index (χ1v) is 42.5. The maximum atomic E-state index is 5.65. The van der Waals surface area contributed by atoms with Crippen molar-refractivity contribution in [2.45, 2.75) is 0 Å². The van der Waals surface area contributed by atoms with Gasteiger partial charge in [-0.05, 0) is 165 Å². The maximum absolute atomic E-state index is 5.65. The van der Waals surface area contributed by atoms with E-state index in [1.807, 2.05) is 146 Å². The second kappa shape index (κ2) is 47.7. The lowest BCUT2D eigenvalue weighted by Gasteiger charge is -2.09. The number of fused-ring (bicyclic) bond motifs is 14. The minimum Gasteiger partial charge on any atom is -0.456 e. The van der Waals surface area contributed by atoms with E-state index in [2.05, 4.69) is 363 Å². The number of rotatable bonds is 0. The summed E-state index contributed by atoms with van der Waals surface area (Å²) in [6.07, 6.45) is 24.4. The van der Waals surface area contributed by atoms with E-state index in [1.165, 1.54) is 149 Å². The molecule has 1 N–H and O–H groups in total. The lowest BCUT2D eigenvalue weighted by atomic mass is 9.95. The number of nitrogens with zero attached hydrogens (tertiary/aromatic N) is 11. The zero-order valence-corrected chi connectivity index (χ0v) is 71.2. The Morgan fingerprint density at radius 2 is 0.438 bits per heavy atom. The molecule has 0 saturated carbocycles. The fourth-order valence-electron chi connectivity index (χ4n) is 14.4. The van der Waals surface area contributed by atoms with Gasteiger partial charge < -0.3 is 9.40 Å². The highest BCUT2D eigenvalue weighted by molar-refractivity contribution is 6.23. The van der Waals surface area contributed by atoms with E-state index >= 15 is 0 Å². The van der Waals surface area contributed by atoms with Crippen LogP contribution in [0.5, 0.6) is 0 Å². The van der Waals surface area contributed by atoms with Gasteiger partial charge in [0.2, 0.25) is 0 Å². The summed E-state index contributed by atoms with van der Waals surface area (Å²) >= 11 is 0. The average molecular weight is 1680 g/mol. The van der Waals surface area contributed by atoms with Gasteiger partial charge in [0.25, 0.3) is 0 Å². The highest BCUT2D eigenvalue weighted by Gasteiger charge is 2.08. The molecule has 13 nitrogen and oxygen atoms in total. The smallest absolute Gasteiger partial charge is 0.135 e. The van der Waals surface area contributed by atoms with E-state index in [-0.39, 0.29) is 0 Å². The summed E-state index contributed by atoms with van der Waals surface area (Å²) in [4.78, 5) is 45.1.